The number of benzene rings is 3. The molecule has 1 N–H and O–H groups in total. The second-order valence-electron chi connectivity index (χ2n) is 10.3. The van der Waals surface area contributed by atoms with Gasteiger partial charge < -0.3 is 9.47 Å². The second kappa shape index (κ2) is 13.0. The summed E-state index contributed by atoms with van der Waals surface area (Å²) in [4.78, 5) is 24.8. The Morgan fingerprint density at radius 3 is 2.24 bits per heavy atom. The molecule has 10 nitrogen and oxygen atoms in total. The normalized spacial score (nSPS) is 11.9. The fourth-order valence-corrected chi connectivity index (χ4v) is 4.75. The van der Waals surface area contributed by atoms with Gasteiger partial charge in [0.2, 0.25) is 0 Å². The van der Waals surface area contributed by atoms with E-state index in [1.807, 2.05) is 58.0 Å². The van der Waals surface area contributed by atoms with E-state index in [9.17, 15) is 27.9 Å². The summed E-state index contributed by atoms with van der Waals surface area (Å²) < 4.78 is 44.1. The summed E-state index contributed by atoms with van der Waals surface area (Å²) >= 11 is 0. The highest BCUT2D eigenvalue weighted by Crippen LogP contribution is 2.29. The number of anilines is 1. The zero-order valence-electron chi connectivity index (χ0n) is 23.7. The predicted octanol–water partition coefficient (Wildman–Crippen LogP) is 6.70. The van der Waals surface area contributed by atoms with Crippen molar-refractivity contribution in [3.8, 4) is 5.75 Å². The maximum atomic E-state index is 12.5. The summed E-state index contributed by atoms with van der Waals surface area (Å²) in [6.07, 6.45) is 3.27. The number of nitro groups is 1. The first-order valence-electron chi connectivity index (χ1n) is 12.9. The minimum Gasteiger partial charge on any atom is -0.486 e. The molecule has 3 aromatic carbocycles. The molecule has 0 bridgehead atoms. The van der Waals surface area contributed by atoms with Crippen LogP contribution in [0.4, 0.5) is 16.2 Å². The highest BCUT2D eigenvalue weighted by Gasteiger charge is 2.22. The lowest BCUT2D eigenvalue weighted by molar-refractivity contribution is -0.385. The molecule has 0 aliphatic heterocycles. The van der Waals surface area contributed by atoms with Gasteiger partial charge in [0.25, 0.3) is 10.1 Å². The Morgan fingerprint density at radius 1 is 1.02 bits per heavy atom. The summed E-state index contributed by atoms with van der Waals surface area (Å²) in [6.45, 7) is 9.47. The Balaban J connectivity index is 1.75. The molecule has 3 aromatic rings. The molecule has 0 saturated carbocycles. The van der Waals surface area contributed by atoms with Crippen LogP contribution in [0.3, 0.4) is 0 Å². The number of aryl methyl sites for hydroxylation is 1. The lowest BCUT2D eigenvalue weighted by Gasteiger charge is -2.26. The quantitative estimate of drug-likeness (QED) is 0.121. The Labute approximate surface area is 240 Å². The Kier molecular flexibility index (Phi) is 9.90. The number of hydrogen-bond acceptors (Lipinski definition) is 7. The van der Waals surface area contributed by atoms with Crippen molar-refractivity contribution in [3.63, 3.8) is 0 Å². The molecule has 0 spiro atoms. The van der Waals surface area contributed by atoms with Crippen molar-refractivity contribution in [2.45, 2.75) is 51.5 Å². The van der Waals surface area contributed by atoms with Crippen LogP contribution in [0.5, 0.6) is 5.75 Å². The average molecular weight is 583 g/mol. The second-order valence-corrected chi connectivity index (χ2v) is 11.7. The van der Waals surface area contributed by atoms with Gasteiger partial charge in [0.05, 0.1) is 16.4 Å². The third-order valence-corrected chi connectivity index (χ3v) is 6.86. The average Bonchev–Trinajstić information content (AvgIpc) is 2.87. The van der Waals surface area contributed by atoms with E-state index in [0.717, 1.165) is 11.1 Å². The molecular weight excluding hydrogens is 548 g/mol. The zero-order chi connectivity index (χ0) is 30.4. The molecular formula is C30H34N2O8S. The van der Waals surface area contributed by atoms with Gasteiger partial charge in [-0.15, -0.1) is 0 Å². The van der Waals surface area contributed by atoms with Crippen LogP contribution in [0.2, 0.25) is 0 Å². The first-order valence-corrected chi connectivity index (χ1v) is 14.4. The lowest BCUT2D eigenvalue weighted by atomic mass is 10.1. The summed E-state index contributed by atoms with van der Waals surface area (Å²) in [7, 11) is -4.43. The van der Waals surface area contributed by atoms with Crippen molar-refractivity contribution < 1.29 is 32.2 Å². The van der Waals surface area contributed by atoms with Crippen molar-refractivity contribution in [3.05, 3.63) is 93.0 Å². The number of rotatable bonds is 10. The van der Waals surface area contributed by atoms with E-state index in [2.05, 4.69) is 0 Å². The van der Waals surface area contributed by atoms with Gasteiger partial charge in [-0.1, -0.05) is 42.0 Å². The molecule has 0 aliphatic rings. The van der Waals surface area contributed by atoms with Gasteiger partial charge in [0.1, 0.15) is 5.60 Å². The summed E-state index contributed by atoms with van der Waals surface area (Å²) in [5.74, 6) is 0.0319. The number of carbonyl (C=O) groups is 1. The van der Waals surface area contributed by atoms with E-state index in [1.54, 1.807) is 31.2 Å². The topological polar surface area (TPSA) is 136 Å². The standard InChI is InChI=1S/C30H34N2O8S/c1-6-31(29(33)40-30(3,4)5)25-13-10-22(11-14-25)8-9-23-12-15-26(32(34)35)27(20-23)39-18-17-24-19-21(2)7-16-28(24)41(36,37)38/h7-16,19-20H,6,17-18H2,1-5H3,(H,36,37,38). The minimum atomic E-state index is -4.43. The third-order valence-electron chi connectivity index (χ3n) is 5.91. The van der Waals surface area contributed by atoms with E-state index in [1.165, 1.54) is 23.1 Å². The van der Waals surface area contributed by atoms with Crippen LogP contribution >= 0.6 is 0 Å². The van der Waals surface area contributed by atoms with E-state index < -0.39 is 26.7 Å². The smallest absolute Gasteiger partial charge is 0.414 e. The van der Waals surface area contributed by atoms with Gasteiger partial charge in [-0.25, -0.2) is 4.79 Å². The SMILES string of the molecule is CCN(C(=O)OC(C)(C)C)c1ccc(C=Cc2ccc([N+](=O)[O-])c(OCCc3cc(C)ccc3S(=O)(=O)O)c2)cc1. The molecule has 1 amide bonds. The molecule has 0 aliphatic carbocycles. The van der Waals surface area contributed by atoms with Crippen molar-refractivity contribution in [2.24, 2.45) is 0 Å². The van der Waals surface area contributed by atoms with E-state index in [4.69, 9.17) is 9.47 Å². The van der Waals surface area contributed by atoms with Crippen molar-refractivity contribution in [1.29, 1.82) is 0 Å². The molecule has 0 unspecified atom stereocenters. The van der Waals surface area contributed by atoms with Crippen LogP contribution in [0, 0.1) is 17.0 Å². The van der Waals surface area contributed by atoms with Crippen LogP contribution in [-0.4, -0.2) is 42.7 Å². The van der Waals surface area contributed by atoms with Gasteiger partial charge in [0, 0.05) is 24.7 Å². The van der Waals surface area contributed by atoms with E-state index in [-0.39, 0.29) is 29.4 Å². The van der Waals surface area contributed by atoms with Crippen LogP contribution in [0.1, 0.15) is 49.9 Å². The number of carbonyl (C=O) groups excluding carboxylic acids is 1. The van der Waals surface area contributed by atoms with Crippen LogP contribution in [0.25, 0.3) is 12.2 Å². The van der Waals surface area contributed by atoms with Crippen molar-refractivity contribution in [2.75, 3.05) is 18.1 Å². The van der Waals surface area contributed by atoms with Gasteiger partial charge >= 0.3 is 11.8 Å². The maximum Gasteiger partial charge on any atom is 0.414 e. The van der Waals surface area contributed by atoms with Gasteiger partial charge in [-0.2, -0.15) is 8.42 Å². The Bertz CT molecular complexity index is 1540. The first kappa shape index (κ1) is 31.3. The molecule has 0 fully saturated rings. The summed E-state index contributed by atoms with van der Waals surface area (Å²) in [5.41, 5.74) is 2.49. The van der Waals surface area contributed by atoms with Crippen molar-refractivity contribution >= 4 is 39.7 Å². The number of nitro benzene ring substituents is 1. The minimum absolute atomic E-state index is 0.0319. The van der Waals surface area contributed by atoms with Gasteiger partial charge in [-0.05, 0) is 81.6 Å². The fraction of sp³-hybridized carbons (Fsp3) is 0.300. The molecule has 11 heteroatoms. The molecule has 0 atom stereocenters. The van der Waals surface area contributed by atoms with Gasteiger partial charge in [0.15, 0.2) is 5.75 Å². The monoisotopic (exact) mass is 582 g/mol. The largest absolute Gasteiger partial charge is 0.486 e. The number of ether oxygens (including phenoxy) is 2. The number of nitrogens with zero attached hydrogens (tertiary/aromatic N) is 2. The Morgan fingerprint density at radius 2 is 1.66 bits per heavy atom. The summed E-state index contributed by atoms with van der Waals surface area (Å²) in [6, 6.07) is 16.3. The molecule has 3 rings (SSSR count). The van der Waals surface area contributed by atoms with E-state index in [0.29, 0.717) is 23.4 Å². The molecule has 0 aromatic heterocycles. The highest BCUT2D eigenvalue weighted by molar-refractivity contribution is 7.85. The van der Waals surface area contributed by atoms with Crippen LogP contribution < -0.4 is 9.64 Å². The van der Waals surface area contributed by atoms with Gasteiger partial charge in [-0.3, -0.25) is 19.6 Å². The van der Waals surface area contributed by atoms with Crippen LogP contribution in [0.15, 0.2) is 65.6 Å². The highest BCUT2D eigenvalue weighted by atomic mass is 32.2. The van der Waals surface area contributed by atoms with Crippen LogP contribution in [-0.2, 0) is 21.3 Å². The molecule has 218 valence electrons. The lowest BCUT2D eigenvalue weighted by Crippen LogP contribution is -2.36. The molecule has 0 heterocycles. The molecule has 0 saturated heterocycles. The summed E-state index contributed by atoms with van der Waals surface area (Å²) in [5, 5.41) is 11.6. The fourth-order valence-electron chi connectivity index (χ4n) is 4.02. The maximum absolute atomic E-state index is 12.5. The third kappa shape index (κ3) is 8.89. The Hall–Kier alpha value is -4.22. The zero-order valence-corrected chi connectivity index (χ0v) is 24.5. The molecule has 41 heavy (non-hydrogen) atoms. The van der Waals surface area contributed by atoms with E-state index >= 15 is 0 Å². The number of amides is 1. The molecule has 0 radical (unpaired) electrons. The number of hydrogen-bond donors (Lipinski definition) is 1. The predicted molar refractivity (Wildman–Crippen MR) is 158 cm³/mol. The first-order chi connectivity index (χ1) is 19.2. The van der Waals surface area contributed by atoms with Crippen molar-refractivity contribution in [1.82, 2.24) is 0 Å².